The van der Waals surface area contributed by atoms with Gasteiger partial charge in [-0.1, -0.05) is 39.0 Å². The molecular formula is C18H36N2. The summed E-state index contributed by atoms with van der Waals surface area (Å²) in [5.41, 5.74) is 5.74. The topological polar surface area (TPSA) is 29.3 Å². The van der Waals surface area contributed by atoms with Gasteiger partial charge < -0.3 is 10.6 Å². The van der Waals surface area contributed by atoms with Crippen molar-refractivity contribution in [1.82, 2.24) is 4.90 Å². The van der Waals surface area contributed by atoms with E-state index in [-0.39, 0.29) is 0 Å². The van der Waals surface area contributed by atoms with Crippen LogP contribution in [0.15, 0.2) is 0 Å². The summed E-state index contributed by atoms with van der Waals surface area (Å²) < 4.78 is 0. The lowest BCUT2D eigenvalue weighted by atomic mass is 9.75. The Morgan fingerprint density at radius 1 is 1.05 bits per heavy atom. The van der Waals surface area contributed by atoms with Crippen molar-refractivity contribution in [2.75, 3.05) is 26.2 Å². The maximum Gasteiger partial charge on any atom is 0.00123 e. The molecule has 0 aromatic carbocycles. The molecule has 3 unspecified atom stereocenters. The number of fused-ring (bicyclic) bond motifs is 1. The van der Waals surface area contributed by atoms with E-state index in [0.29, 0.717) is 0 Å². The molecule has 2 rings (SSSR count). The highest BCUT2D eigenvalue weighted by Gasteiger charge is 2.30. The van der Waals surface area contributed by atoms with E-state index in [2.05, 4.69) is 11.8 Å². The molecule has 2 fully saturated rings. The molecule has 0 radical (unpaired) electrons. The minimum absolute atomic E-state index is 0.873. The summed E-state index contributed by atoms with van der Waals surface area (Å²) in [5, 5.41) is 0. The largest absolute Gasteiger partial charge is 0.330 e. The maximum atomic E-state index is 5.74. The number of nitrogens with two attached hydrogens (primary N) is 1. The van der Waals surface area contributed by atoms with Gasteiger partial charge in [0, 0.05) is 6.54 Å². The summed E-state index contributed by atoms with van der Waals surface area (Å²) in [6.45, 7) is 7.29. The van der Waals surface area contributed by atoms with Crippen molar-refractivity contribution in [3.05, 3.63) is 0 Å². The molecule has 1 saturated heterocycles. The normalized spacial score (nSPS) is 29.1. The first-order valence-corrected chi connectivity index (χ1v) is 9.26. The van der Waals surface area contributed by atoms with E-state index in [1.807, 2.05) is 0 Å². The molecular weight excluding hydrogens is 244 g/mol. The van der Waals surface area contributed by atoms with Gasteiger partial charge in [0.1, 0.15) is 0 Å². The van der Waals surface area contributed by atoms with Crippen LogP contribution < -0.4 is 5.73 Å². The van der Waals surface area contributed by atoms with Crippen LogP contribution in [0.1, 0.15) is 71.1 Å². The third-order valence-corrected chi connectivity index (χ3v) is 5.73. The first kappa shape index (κ1) is 16.3. The van der Waals surface area contributed by atoms with Crippen LogP contribution in [-0.4, -0.2) is 31.1 Å². The highest BCUT2D eigenvalue weighted by atomic mass is 15.1. The van der Waals surface area contributed by atoms with Gasteiger partial charge in [-0.2, -0.15) is 0 Å². The Morgan fingerprint density at radius 3 is 2.60 bits per heavy atom. The predicted octanol–water partition coefficient (Wildman–Crippen LogP) is 4.04. The van der Waals surface area contributed by atoms with Crippen LogP contribution in [0.4, 0.5) is 0 Å². The molecule has 0 spiro atoms. The summed E-state index contributed by atoms with van der Waals surface area (Å²) >= 11 is 0. The monoisotopic (exact) mass is 280 g/mol. The van der Waals surface area contributed by atoms with Crippen molar-refractivity contribution in [3.63, 3.8) is 0 Å². The Kier molecular flexibility index (Phi) is 7.37. The van der Waals surface area contributed by atoms with Crippen molar-refractivity contribution < 1.29 is 0 Å². The Bertz CT molecular complexity index is 248. The van der Waals surface area contributed by atoms with Gasteiger partial charge in [-0.3, -0.25) is 0 Å². The molecule has 2 nitrogen and oxygen atoms in total. The zero-order valence-corrected chi connectivity index (χ0v) is 13.7. The lowest BCUT2D eigenvalue weighted by Crippen LogP contribution is -2.42. The molecule has 2 heteroatoms. The molecule has 2 aliphatic rings. The highest BCUT2D eigenvalue weighted by molar-refractivity contribution is 4.83. The number of hydrogen-bond donors (Lipinski definition) is 1. The minimum Gasteiger partial charge on any atom is -0.330 e. The fraction of sp³-hybridized carbons (Fsp3) is 1.00. The minimum atomic E-state index is 0.873. The Hall–Kier alpha value is -0.0800. The molecule has 1 aliphatic carbocycles. The average molecular weight is 280 g/mol. The standard InChI is InChI=1S/C18H36N2/c1-2-6-16(10-12-19)7-5-13-20-14-11-17-8-3-4-9-18(17)15-20/h16-18H,2-15,19H2,1H3. The molecule has 0 amide bonds. The van der Waals surface area contributed by atoms with Crippen molar-refractivity contribution >= 4 is 0 Å². The summed E-state index contributed by atoms with van der Waals surface area (Å²) in [6.07, 6.45) is 14.2. The number of likely N-dealkylation sites (tertiary alicyclic amines) is 1. The summed E-state index contributed by atoms with van der Waals surface area (Å²) in [6, 6.07) is 0. The zero-order valence-electron chi connectivity index (χ0n) is 13.7. The number of nitrogens with zero attached hydrogens (tertiary/aromatic N) is 1. The predicted molar refractivity (Wildman–Crippen MR) is 87.8 cm³/mol. The average Bonchev–Trinajstić information content (AvgIpc) is 2.47. The van der Waals surface area contributed by atoms with Gasteiger partial charge in [-0.05, 0) is 69.5 Å². The molecule has 20 heavy (non-hydrogen) atoms. The number of piperidine rings is 1. The maximum absolute atomic E-state index is 5.74. The van der Waals surface area contributed by atoms with Crippen LogP contribution in [0.25, 0.3) is 0 Å². The molecule has 3 atom stereocenters. The van der Waals surface area contributed by atoms with Crippen LogP contribution in [-0.2, 0) is 0 Å². The first-order chi connectivity index (χ1) is 9.83. The smallest absolute Gasteiger partial charge is 0.00123 e. The van der Waals surface area contributed by atoms with Crippen molar-refractivity contribution in [1.29, 1.82) is 0 Å². The molecule has 0 aromatic heterocycles. The molecule has 1 aliphatic heterocycles. The van der Waals surface area contributed by atoms with Crippen LogP contribution in [0.3, 0.4) is 0 Å². The van der Waals surface area contributed by atoms with Crippen LogP contribution in [0.2, 0.25) is 0 Å². The molecule has 118 valence electrons. The quantitative estimate of drug-likeness (QED) is 0.727. The van der Waals surface area contributed by atoms with Gasteiger partial charge in [0.15, 0.2) is 0 Å². The first-order valence-electron chi connectivity index (χ1n) is 9.26. The van der Waals surface area contributed by atoms with E-state index in [0.717, 1.165) is 24.3 Å². The molecule has 0 aromatic rings. The van der Waals surface area contributed by atoms with Gasteiger partial charge in [0.2, 0.25) is 0 Å². The van der Waals surface area contributed by atoms with E-state index >= 15 is 0 Å². The van der Waals surface area contributed by atoms with E-state index in [1.54, 1.807) is 0 Å². The van der Waals surface area contributed by atoms with Crippen molar-refractivity contribution in [2.24, 2.45) is 23.5 Å². The lowest BCUT2D eigenvalue weighted by molar-refractivity contribution is 0.0846. The Labute approximate surface area is 126 Å². The zero-order chi connectivity index (χ0) is 14.2. The highest BCUT2D eigenvalue weighted by Crippen LogP contribution is 2.36. The van der Waals surface area contributed by atoms with Gasteiger partial charge >= 0.3 is 0 Å². The molecule has 1 heterocycles. The van der Waals surface area contributed by atoms with Gasteiger partial charge in [0.25, 0.3) is 0 Å². The number of hydrogen-bond acceptors (Lipinski definition) is 2. The molecule has 0 bridgehead atoms. The fourth-order valence-corrected chi connectivity index (χ4v) is 4.56. The van der Waals surface area contributed by atoms with Crippen molar-refractivity contribution in [2.45, 2.75) is 71.1 Å². The van der Waals surface area contributed by atoms with Gasteiger partial charge in [-0.15, -0.1) is 0 Å². The van der Waals surface area contributed by atoms with E-state index < -0.39 is 0 Å². The summed E-state index contributed by atoms with van der Waals surface area (Å²) in [5.74, 6) is 3.00. The van der Waals surface area contributed by atoms with E-state index in [4.69, 9.17) is 5.73 Å². The third-order valence-electron chi connectivity index (χ3n) is 5.73. The summed E-state index contributed by atoms with van der Waals surface area (Å²) in [4.78, 5) is 2.76. The van der Waals surface area contributed by atoms with Gasteiger partial charge in [-0.25, -0.2) is 0 Å². The second-order valence-electron chi connectivity index (χ2n) is 7.27. The van der Waals surface area contributed by atoms with E-state index in [1.165, 1.54) is 83.8 Å². The van der Waals surface area contributed by atoms with Crippen molar-refractivity contribution in [3.8, 4) is 0 Å². The van der Waals surface area contributed by atoms with Gasteiger partial charge in [0.05, 0.1) is 0 Å². The Morgan fingerprint density at radius 2 is 1.85 bits per heavy atom. The lowest BCUT2D eigenvalue weighted by Gasteiger charge is -2.41. The van der Waals surface area contributed by atoms with E-state index in [9.17, 15) is 0 Å². The third kappa shape index (κ3) is 5.04. The SMILES string of the molecule is CCCC(CCN)CCCN1CCC2CCCCC2C1. The second-order valence-corrected chi connectivity index (χ2v) is 7.27. The Balaban J connectivity index is 1.63. The van der Waals surface area contributed by atoms with Crippen LogP contribution in [0.5, 0.6) is 0 Å². The molecule has 1 saturated carbocycles. The second kappa shape index (κ2) is 9.04. The summed E-state index contributed by atoms with van der Waals surface area (Å²) in [7, 11) is 0. The van der Waals surface area contributed by atoms with Crippen LogP contribution >= 0.6 is 0 Å². The molecule has 2 N–H and O–H groups in total. The van der Waals surface area contributed by atoms with Crippen LogP contribution in [0, 0.1) is 17.8 Å². The number of rotatable bonds is 8. The fourth-order valence-electron chi connectivity index (χ4n) is 4.56.